The molecule has 0 aliphatic heterocycles. The maximum atomic E-state index is 5.77. The number of H-pyrrole nitrogens is 1. The second kappa shape index (κ2) is 5.20. The van der Waals surface area contributed by atoms with Crippen molar-refractivity contribution in [1.82, 2.24) is 19.5 Å². The molecule has 2 heterocycles. The number of rotatable bonds is 4. The van der Waals surface area contributed by atoms with Gasteiger partial charge in [0.05, 0.1) is 17.4 Å². The first-order valence-electron chi connectivity index (χ1n) is 6.52. The average Bonchev–Trinajstić information content (AvgIpc) is 3.01. The van der Waals surface area contributed by atoms with Gasteiger partial charge in [-0.15, -0.1) is 0 Å². The number of nitrogens with zero attached hydrogens (tertiary/aromatic N) is 3. The van der Waals surface area contributed by atoms with Gasteiger partial charge >= 0.3 is 0 Å². The van der Waals surface area contributed by atoms with Crippen LogP contribution in [-0.4, -0.2) is 19.5 Å². The summed E-state index contributed by atoms with van der Waals surface area (Å²) in [5.74, 6) is 0.841. The summed E-state index contributed by atoms with van der Waals surface area (Å²) in [6.07, 6.45) is 3.79. The van der Waals surface area contributed by atoms with Crippen LogP contribution in [0, 0.1) is 0 Å². The van der Waals surface area contributed by atoms with Gasteiger partial charge in [-0.05, 0) is 32.0 Å². The van der Waals surface area contributed by atoms with Crippen LogP contribution in [0.5, 0.6) is 0 Å². The molecule has 3 rings (SSSR count). The van der Waals surface area contributed by atoms with Crippen LogP contribution in [0.15, 0.2) is 35.9 Å². The lowest BCUT2D eigenvalue weighted by Crippen LogP contribution is -2.02. The summed E-state index contributed by atoms with van der Waals surface area (Å²) >= 11 is 1.67. The number of fused-ring (bicyclic) bond motifs is 1. The predicted molar refractivity (Wildman–Crippen MR) is 82.7 cm³/mol. The van der Waals surface area contributed by atoms with Crippen molar-refractivity contribution in [3.05, 3.63) is 36.4 Å². The van der Waals surface area contributed by atoms with Gasteiger partial charge in [0, 0.05) is 29.4 Å². The molecule has 20 heavy (non-hydrogen) atoms. The second-order valence-electron chi connectivity index (χ2n) is 4.99. The Hall–Kier alpha value is -1.95. The van der Waals surface area contributed by atoms with E-state index in [0.717, 1.165) is 27.6 Å². The number of aromatic amines is 1. The Morgan fingerprint density at radius 2 is 2.25 bits per heavy atom. The van der Waals surface area contributed by atoms with Crippen molar-refractivity contribution in [2.75, 3.05) is 5.73 Å². The van der Waals surface area contributed by atoms with Crippen LogP contribution in [0.1, 0.15) is 25.6 Å². The normalized spacial score (nSPS) is 11.6. The van der Waals surface area contributed by atoms with Crippen molar-refractivity contribution in [2.24, 2.45) is 0 Å². The molecule has 0 aliphatic carbocycles. The molecule has 3 aromatic rings. The van der Waals surface area contributed by atoms with E-state index in [1.54, 1.807) is 11.8 Å². The molecule has 0 fully saturated rings. The van der Waals surface area contributed by atoms with Gasteiger partial charge in [-0.25, -0.2) is 9.97 Å². The fourth-order valence-corrected chi connectivity index (χ4v) is 2.98. The van der Waals surface area contributed by atoms with E-state index in [4.69, 9.17) is 5.73 Å². The highest BCUT2D eigenvalue weighted by molar-refractivity contribution is 7.98. The maximum absolute atomic E-state index is 5.77. The van der Waals surface area contributed by atoms with E-state index in [1.165, 1.54) is 5.69 Å². The summed E-state index contributed by atoms with van der Waals surface area (Å²) in [5.41, 5.74) is 9.64. The minimum atomic E-state index is 0.420. The number of hydrogen-bond donors (Lipinski definition) is 2. The molecule has 5 nitrogen and oxygen atoms in total. The van der Waals surface area contributed by atoms with E-state index < -0.39 is 0 Å². The van der Waals surface area contributed by atoms with Crippen molar-refractivity contribution in [2.45, 2.75) is 30.8 Å². The summed E-state index contributed by atoms with van der Waals surface area (Å²) < 4.78 is 2.17. The third kappa shape index (κ3) is 2.51. The first kappa shape index (κ1) is 13.1. The van der Waals surface area contributed by atoms with Gasteiger partial charge in [0.2, 0.25) is 0 Å². The number of imidazole rings is 2. The molecule has 2 aromatic heterocycles. The molecule has 0 aliphatic rings. The average molecular weight is 287 g/mol. The summed E-state index contributed by atoms with van der Waals surface area (Å²) in [6, 6.07) is 6.13. The Morgan fingerprint density at radius 1 is 1.40 bits per heavy atom. The third-order valence-corrected chi connectivity index (χ3v) is 4.05. The minimum Gasteiger partial charge on any atom is -0.399 e. The molecular formula is C14H17N5S. The van der Waals surface area contributed by atoms with Gasteiger partial charge in [0.15, 0.2) is 5.16 Å². The summed E-state index contributed by atoms with van der Waals surface area (Å²) in [6.45, 7) is 4.31. The largest absolute Gasteiger partial charge is 0.399 e. The van der Waals surface area contributed by atoms with Gasteiger partial charge < -0.3 is 15.3 Å². The zero-order valence-electron chi connectivity index (χ0n) is 11.5. The zero-order chi connectivity index (χ0) is 14.1. The Balaban J connectivity index is 1.78. The van der Waals surface area contributed by atoms with Crippen LogP contribution >= 0.6 is 11.8 Å². The smallest absolute Gasteiger partial charge is 0.166 e. The molecule has 3 N–H and O–H groups in total. The lowest BCUT2D eigenvalue weighted by molar-refractivity contribution is 0.584. The Labute approximate surface area is 121 Å². The van der Waals surface area contributed by atoms with E-state index >= 15 is 0 Å². The molecule has 0 unspecified atom stereocenters. The van der Waals surface area contributed by atoms with E-state index in [2.05, 4.69) is 33.4 Å². The van der Waals surface area contributed by atoms with Gasteiger partial charge in [-0.3, -0.25) is 0 Å². The SMILES string of the molecule is CC(C)n1cncc1CSc1nc2ccc(N)cc2[nH]1. The summed E-state index contributed by atoms with van der Waals surface area (Å²) in [4.78, 5) is 12.1. The number of aromatic nitrogens is 4. The standard InChI is InChI=1S/C14H17N5S/c1-9(2)19-8-16-6-11(19)7-20-14-17-12-4-3-10(15)5-13(12)18-14/h3-6,8-9H,7,15H2,1-2H3,(H,17,18). The number of benzene rings is 1. The predicted octanol–water partition coefficient (Wildman–Crippen LogP) is 3.21. The zero-order valence-corrected chi connectivity index (χ0v) is 12.3. The molecule has 0 bridgehead atoms. The topological polar surface area (TPSA) is 72.5 Å². The Morgan fingerprint density at radius 3 is 3.05 bits per heavy atom. The van der Waals surface area contributed by atoms with Gasteiger partial charge in [0.25, 0.3) is 0 Å². The molecule has 0 spiro atoms. The van der Waals surface area contributed by atoms with Gasteiger partial charge in [-0.2, -0.15) is 0 Å². The van der Waals surface area contributed by atoms with E-state index in [-0.39, 0.29) is 0 Å². The number of hydrogen-bond acceptors (Lipinski definition) is 4. The molecule has 104 valence electrons. The van der Waals surface area contributed by atoms with Crippen molar-refractivity contribution in [3.63, 3.8) is 0 Å². The van der Waals surface area contributed by atoms with E-state index in [0.29, 0.717) is 6.04 Å². The Kier molecular flexibility index (Phi) is 3.40. The number of nitrogens with one attached hydrogen (secondary N) is 1. The molecule has 1 aromatic carbocycles. The lowest BCUT2D eigenvalue weighted by Gasteiger charge is -2.10. The van der Waals surface area contributed by atoms with E-state index in [1.807, 2.05) is 30.7 Å². The summed E-state index contributed by atoms with van der Waals surface area (Å²) in [5, 5.41) is 0.905. The first-order valence-corrected chi connectivity index (χ1v) is 7.51. The monoisotopic (exact) mass is 287 g/mol. The molecular weight excluding hydrogens is 270 g/mol. The van der Waals surface area contributed by atoms with Gasteiger partial charge in [0.1, 0.15) is 0 Å². The van der Waals surface area contributed by atoms with Crippen LogP contribution in [0.25, 0.3) is 11.0 Å². The lowest BCUT2D eigenvalue weighted by atomic mass is 10.3. The highest BCUT2D eigenvalue weighted by Crippen LogP contribution is 2.24. The molecule has 0 saturated carbocycles. The molecule has 0 radical (unpaired) electrons. The van der Waals surface area contributed by atoms with Crippen molar-refractivity contribution in [1.29, 1.82) is 0 Å². The molecule has 0 saturated heterocycles. The van der Waals surface area contributed by atoms with Crippen molar-refractivity contribution in [3.8, 4) is 0 Å². The quantitative estimate of drug-likeness (QED) is 0.571. The molecule has 0 amide bonds. The first-order chi connectivity index (χ1) is 9.63. The third-order valence-electron chi connectivity index (χ3n) is 3.14. The maximum Gasteiger partial charge on any atom is 0.166 e. The van der Waals surface area contributed by atoms with Crippen LogP contribution in [0.3, 0.4) is 0 Å². The van der Waals surface area contributed by atoms with Crippen molar-refractivity contribution < 1.29 is 0 Å². The highest BCUT2D eigenvalue weighted by Gasteiger charge is 2.08. The fraction of sp³-hybridized carbons (Fsp3) is 0.286. The van der Waals surface area contributed by atoms with Crippen LogP contribution in [-0.2, 0) is 5.75 Å². The molecule has 0 atom stereocenters. The van der Waals surface area contributed by atoms with Crippen LogP contribution in [0.4, 0.5) is 5.69 Å². The van der Waals surface area contributed by atoms with Crippen LogP contribution in [0.2, 0.25) is 0 Å². The second-order valence-corrected chi connectivity index (χ2v) is 5.96. The summed E-state index contributed by atoms with van der Waals surface area (Å²) in [7, 11) is 0. The molecule has 6 heteroatoms. The van der Waals surface area contributed by atoms with Crippen LogP contribution < -0.4 is 5.73 Å². The number of anilines is 1. The number of nitrogen functional groups attached to an aromatic ring is 1. The fourth-order valence-electron chi connectivity index (χ4n) is 2.12. The van der Waals surface area contributed by atoms with Gasteiger partial charge in [-0.1, -0.05) is 11.8 Å². The minimum absolute atomic E-state index is 0.420. The van der Waals surface area contributed by atoms with E-state index in [9.17, 15) is 0 Å². The van der Waals surface area contributed by atoms with Crippen molar-refractivity contribution >= 4 is 28.5 Å². The highest BCUT2D eigenvalue weighted by atomic mass is 32.2. The Bertz CT molecular complexity index is 728. The number of thioether (sulfide) groups is 1. The number of nitrogens with two attached hydrogens (primary N) is 1.